The molecule has 0 aromatic carbocycles. The standard InChI is InChI=1S/C13H28N2/c1-3-13(7-8-13)11-15-10-4-5-12(2)6-9-14/h12,15H,3-11,14H2,1-2H3. The van der Waals surface area contributed by atoms with Crippen molar-refractivity contribution in [1.29, 1.82) is 0 Å². The smallest absolute Gasteiger partial charge is 0.000771 e. The van der Waals surface area contributed by atoms with Crippen molar-refractivity contribution >= 4 is 0 Å². The van der Waals surface area contributed by atoms with Crippen LogP contribution in [-0.2, 0) is 0 Å². The minimum absolute atomic E-state index is 0.697. The maximum absolute atomic E-state index is 5.53. The second-order valence-corrected chi connectivity index (χ2v) is 5.36. The highest BCUT2D eigenvalue weighted by Gasteiger charge is 2.39. The van der Waals surface area contributed by atoms with E-state index in [-0.39, 0.29) is 0 Å². The van der Waals surface area contributed by atoms with Gasteiger partial charge >= 0.3 is 0 Å². The van der Waals surface area contributed by atoms with E-state index in [1.54, 1.807) is 0 Å². The van der Waals surface area contributed by atoms with E-state index in [1.165, 1.54) is 51.6 Å². The molecule has 0 aromatic rings. The zero-order valence-corrected chi connectivity index (χ0v) is 10.5. The summed E-state index contributed by atoms with van der Waals surface area (Å²) in [6.07, 6.45) is 8.05. The van der Waals surface area contributed by atoms with Gasteiger partial charge in [0.05, 0.1) is 0 Å². The van der Waals surface area contributed by atoms with Crippen molar-refractivity contribution in [2.24, 2.45) is 17.1 Å². The minimum atomic E-state index is 0.697. The summed E-state index contributed by atoms with van der Waals surface area (Å²) >= 11 is 0. The predicted molar refractivity (Wildman–Crippen MR) is 66.9 cm³/mol. The summed E-state index contributed by atoms with van der Waals surface area (Å²) in [6, 6.07) is 0. The predicted octanol–water partition coefficient (Wildman–Crippen LogP) is 2.53. The molecule has 1 atom stereocenters. The van der Waals surface area contributed by atoms with Gasteiger partial charge in [-0.2, -0.15) is 0 Å². The molecule has 1 unspecified atom stereocenters. The van der Waals surface area contributed by atoms with Crippen molar-refractivity contribution in [3.63, 3.8) is 0 Å². The maximum atomic E-state index is 5.53. The van der Waals surface area contributed by atoms with E-state index in [0.717, 1.165) is 12.5 Å². The van der Waals surface area contributed by atoms with Gasteiger partial charge in [0, 0.05) is 6.54 Å². The molecule has 1 aliphatic carbocycles. The van der Waals surface area contributed by atoms with Crippen LogP contribution in [0.1, 0.15) is 52.4 Å². The Balaban J connectivity index is 1.89. The Kier molecular flexibility index (Phi) is 5.62. The largest absolute Gasteiger partial charge is 0.330 e. The highest BCUT2D eigenvalue weighted by atomic mass is 14.9. The summed E-state index contributed by atoms with van der Waals surface area (Å²) < 4.78 is 0. The van der Waals surface area contributed by atoms with Gasteiger partial charge < -0.3 is 11.1 Å². The summed E-state index contributed by atoms with van der Waals surface area (Å²) in [4.78, 5) is 0. The van der Waals surface area contributed by atoms with Crippen molar-refractivity contribution < 1.29 is 0 Å². The van der Waals surface area contributed by atoms with Crippen LogP contribution in [0.3, 0.4) is 0 Å². The molecule has 1 aliphatic rings. The Hall–Kier alpha value is -0.0800. The van der Waals surface area contributed by atoms with Gasteiger partial charge in [-0.15, -0.1) is 0 Å². The lowest BCUT2D eigenvalue weighted by molar-refractivity contribution is 0.421. The third-order valence-corrected chi connectivity index (χ3v) is 3.92. The molecule has 2 heteroatoms. The molecule has 1 saturated carbocycles. The molecule has 0 aliphatic heterocycles. The van der Waals surface area contributed by atoms with Crippen LogP contribution in [0, 0.1) is 11.3 Å². The maximum Gasteiger partial charge on any atom is 0.000771 e. The molecule has 1 fully saturated rings. The second-order valence-electron chi connectivity index (χ2n) is 5.36. The van der Waals surface area contributed by atoms with Gasteiger partial charge in [0.15, 0.2) is 0 Å². The quantitative estimate of drug-likeness (QED) is 0.576. The first-order valence-corrected chi connectivity index (χ1v) is 6.63. The summed E-state index contributed by atoms with van der Waals surface area (Å²) in [7, 11) is 0. The average molecular weight is 212 g/mol. The van der Waals surface area contributed by atoms with Crippen LogP contribution in [0.25, 0.3) is 0 Å². The molecule has 3 N–H and O–H groups in total. The minimum Gasteiger partial charge on any atom is -0.330 e. The summed E-state index contributed by atoms with van der Waals surface area (Å²) in [5, 5.41) is 3.61. The van der Waals surface area contributed by atoms with Crippen LogP contribution in [0.2, 0.25) is 0 Å². The van der Waals surface area contributed by atoms with E-state index < -0.39 is 0 Å². The molecule has 90 valence electrons. The molecule has 0 heterocycles. The molecule has 0 radical (unpaired) electrons. The van der Waals surface area contributed by atoms with Crippen LogP contribution < -0.4 is 11.1 Å². The van der Waals surface area contributed by atoms with Crippen molar-refractivity contribution in [2.45, 2.75) is 52.4 Å². The topological polar surface area (TPSA) is 38.0 Å². The van der Waals surface area contributed by atoms with Crippen LogP contribution in [-0.4, -0.2) is 19.6 Å². The van der Waals surface area contributed by atoms with Crippen LogP contribution in [0.15, 0.2) is 0 Å². The van der Waals surface area contributed by atoms with Gasteiger partial charge in [-0.25, -0.2) is 0 Å². The van der Waals surface area contributed by atoms with E-state index in [1.807, 2.05) is 0 Å². The molecule has 2 nitrogen and oxygen atoms in total. The normalized spacial score (nSPS) is 20.2. The fourth-order valence-corrected chi connectivity index (χ4v) is 2.19. The van der Waals surface area contributed by atoms with Gasteiger partial charge in [0.2, 0.25) is 0 Å². The van der Waals surface area contributed by atoms with Crippen molar-refractivity contribution in [2.75, 3.05) is 19.6 Å². The molecular weight excluding hydrogens is 184 g/mol. The summed E-state index contributed by atoms with van der Waals surface area (Å²) in [5.41, 5.74) is 6.22. The Bertz CT molecular complexity index is 164. The molecule has 0 saturated heterocycles. The summed E-state index contributed by atoms with van der Waals surface area (Å²) in [6.45, 7) is 7.90. The molecule has 0 bridgehead atoms. The zero-order valence-electron chi connectivity index (χ0n) is 10.5. The SMILES string of the molecule is CCC1(CNCCCC(C)CCN)CC1. The highest BCUT2D eigenvalue weighted by Crippen LogP contribution is 2.47. The molecular formula is C13H28N2. The van der Waals surface area contributed by atoms with Crippen LogP contribution in [0.5, 0.6) is 0 Å². The van der Waals surface area contributed by atoms with Crippen LogP contribution in [0.4, 0.5) is 0 Å². The van der Waals surface area contributed by atoms with Crippen molar-refractivity contribution in [1.82, 2.24) is 5.32 Å². The monoisotopic (exact) mass is 212 g/mol. The first-order valence-electron chi connectivity index (χ1n) is 6.63. The Morgan fingerprint density at radius 1 is 1.33 bits per heavy atom. The third kappa shape index (κ3) is 4.98. The Morgan fingerprint density at radius 2 is 2.07 bits per heavy atom. The van der Waals surface area contributed by atoms with Gasteiger partial charge in [-0.05, 0) is 62.9 Å². The van der Waals surface area contributed by atoms with Crippen molar-refractivity contribution in [3.8, 4) is 0 Å². The lowest BCUT2D eigenvalue weighted by atomic mass is 10.0. The number of hydrogen-bond donors (Lipinski definition) is 2. The van der Waals surface area contributed by atoms with E-state index in [4.69, 9.17) is 5.73 Å². The molecule has 0 amide bonds. The van der Waals surface area contributed by atoms with Crippen LogP contribution >= 0.6 is 0 Å². The fourth-order valence-electron chi connectivity index (χ4n) is 2.19. The number of rotatable bonds is 9. The average Bonchev–Trinajstić information content (AvgIpc) is 2.99. The molecule has 15 heavy (non-hydrogen) atoms. The lowest BCUT2D eigenvalue weighted by Crippen LogP contribution is -2.24. The number of nitrogens with two attached hydrogens (primary N) is 1. The number of nitrogens with one attached hydrogen (secondary N) is 1. The van der Waals surface area contributed by atoms with Crippen molar-refractivity contribution in [3.05, 3.63) is 0 Å². The van der Waals surface area contributed by atoms with Gasteiger partial charge in [-0.1, -0.05) is 13.8 Å². The Labute approximate surface area is 95.0 Å². The third-order valence-electron chi connectivity index (χ3n) is 3.92. The van der Waals surface area contributed by atoms with E-state index in [0.29, 0.717) is 5.41 Å². The summed E-state index contributed by atoms with van der Waals surface area (Å²) in [5.74, 6) is 0.804. The highest BCUT2D eigenvalue weighted by molar-refractivity contribution is 4.93. The van der Waals surface area contributed by atoms with E-state index in [9.17, 15) is 0 Å². The van der Waals surface area contributed by atoms with Gasteiger partial charge in [0.1, 0.15) is 0 Å². The second kappa shape index (κ2) is 6.49. The molecule has 1 rings (SSSR count). The van der Waals surface area contributed by atoms with E-state index >= 15 is 0 Å². The molecule has 0 aromatic heterocycles. The fraction of sp³-hybridized carbons (Fsp3) is 1.00. The van der Waals surface area contributed by atoms with Gasteiger partial charge in [0.25, 0.3) is 0 Å². The zero-order chi connectivity index (χ0) is 11.1. The first kappa shape index (κ1) is 13.0. The first-order chi connectivity index (χ1) is 7.22. The van der Waals surface area contributed by atoms with Gasteiger partial charge in [-0.3, -0.25) is 0 Å². The Morgan fingerprint density at radius 3 is 2.60 bits per heavy atom. The number of hydrogen-bond acceptors (Lipinski definition) is 2. The lowest BCUT2D eigenvalue weighted by Gasteiger charge is -2.14. The van der Waals surface area contributed by atoms with E-state index in [2.05, 4.69) is 19.2 Å². The molecule has 0 spiro atoms.